The average Bonchev–Trinajstić information content (AvgIpc) is 2.19. The fourth-order valence-electron chi connectivity index (χ4n) is 3.98. The highest BCUT2D eigenvalue weighted by atomic mass is 14.5. The van der Waals surface area contributed by atoms with E-state index in [0.29, 0.717) is 0 Å². The van der Waals surface area contributed by atoms with Gasteiger partial charge in [0.25, 0.3) is 0 Å². The summed E-state index contributed by atoms with van der Waals surface area (Å²) in [6.07, 6.45) is 10.9. The SMILES string of the molecule is C.C.C1C2CC3CC1CC(C2)C3.CC.CCC. The quantitative estimate of drug-likeness (QED) is 0.452. The highest BCUT2D eigenvalue weighted by molar-refractivity contribution is 4.92. The van der Waals surface area contributed by atoms with Gasteiger partial charge in [0.05, 0.1) is 0 Å². The summed E-state index contributed by atoms with van der Waals surface area (Å²) in [4.78, 5) is 0. The smallest absolute Gasteiger partial charge is 0.0406 e. The van der Waals surface area contributed by atoms with Crippen molar-refractivity contribution in [3.63, 3.8) is 0 Å². The van der Waals surface area contributed by atoms with Gasteiger partial charge in [0.1, 0.15) is 0 Å². The molecule has 4 saturated carbocycles. The van der Waals surface area contributed by atoms with Crippen LogP contribution in [0.2, 0.25) is 0 Å². The van der Waals surface area contributed by atoms with Crippen LogP contribution in [0.25, 0.3) is 0 Å². The van der Waals surface area contributed by atoms with Gasteiger partial charge in [-0.3, -0.25) is 0 Å². The zero-order chi connectivity index (χ0) is 11.3. The van der Waals surface area contributed by atoms with Crippen molar-refractivity contribution >= 4 is 0 Å². The molecule has 0 nitrogen and oxygen atoms in total. The Morgan fingerprint density at radius 2 is 0.706 bits per heavy atom. The van der Waals surface area contributed by atoms with Crippen LogP contribution in [0.3, 0.4) is 0 Å². The summed E-state index contributed by atoms with van der Waals surface area (Å²) in [5, 5.41) is 0. The van der Waals surface area contributed by atoms with Crippen LogP contribution >= 0.6 is 0 Å². The molecule has 0 atom stereocenters. The van der Waals surface area contributed by atoms with Gasteiger partial charge in [0, 0.05) is 0 Å². The predicted octanol–water partition coefficient (Wildman–Crippen LogP) is 6.55. The van der Waals surface area contributed by atoms with Crippen LogP contribution in [0.4, 0.5) is 0 Å². The molecular weight excluding hydrogens is 204 g/mol. The summed E-state index contributed by atoms with van der Waals surface area (Å²) in [5.41, 5.74) is 0. The van der Waals surface area contributed by atoms with Crippen LogP contribution < -0.4 is 0 Å². The van der Waals surface area contributed by atoms with Crippen LogP contribution in [-0.2, 0) is 0 Å². The molecule has 0 aromatic carbocycles. The first-order chi connectivity index (χ1) is 7.31. The highest BCUT2D eigenvalue weighted by Crippen LogP contribution is 2.53. The molecule has 4 rings (SSSR count). The molecule has 0 aromatic rings. The van der Waals surface area contributed by atoms with E-state index in [1.54, 1.807) is 38.5 Å². The predicted molar refractivity (Wildman–Crippen MR) is 82.4 cm³/mol. The lowest BCUT2D eigenvalue weighted by atomic mass is 9.56. The van der Waals surface area contributed by atoms with Crippen molar-refractivity contribution in [2.45, 2.75) is 87.5 Å². The van der Waals surface area contributed by atoms with E-state index in [2.05, 4.69) is 13.8 Å². The lowest BCUT2D eigenvalue weighted by molar-refractivity contribution is 0.0198. The van der Waals surface area contributed by atoms with E-state index in [0.717, 1.165) is 0 Å². The maximum Gasteiger partial charge on any atom is -0.0406 e. The van der Waals surface area contributed by atoms with Crippen LogP contribution in [-0.4, -0.2) is 0 Å². The molecule has 0 N–H and O–H groups in total. The number of hydrogen-bond donors (Lipinski definition) is 0. The third kappa shape index (κ3) is 5.44. The van der Waals surface area contributed by atoms with Crippen molar-refractivity contribution in [3.05, 3.63) is 0 Å². The van der Waals surface area contributed by atoms with E-state index in [4.69, 9.17) is 0 Å². The number of rotatable bonds is 0. The summed E-state index contributed by atoms with van der Waals surface area (Å²) in [7, 11) is 0. The molecule has 17 heavy (non-hydrogen) atoms. The molecule has 4 fully saturated rings. The van der Waals surface area contributed by atoms with Crippen molar-refractivity contribution in [2.75, 3.05) is 0 Å². The van der Waals surface area contributed by atoms with Crippen molar-refractivity contribution in [1.82, 2.24) is 0 Å². The third-order valence-corrected chi connectivity index (χ3v) is 4.00. The maximum absolute atomic E-state index is 2.12. The number of hydrogen-bond acceptors (Lipinski definition) is 0. The first-order valence-electron chi connectivity index (χ1n) is 7.31. The van der Waals surface area contributed by atoms with Gasteiger partial charge in [0.15, 0.2) is 0 Å². The molecule has 0 heteroatoms. The molecule has 0 saturated heterocycles. The van der Waals surface area contributed by atoms with E-state index in [1.165, 1.54) is 30.1 Å². The summed E-state index contributed by atoms with van der Waals surface area (Å²) in [6.45, 7) is 8.25. The van der Waals surface area contributed by atoms with Crippen LogP contribution in [0, 0.1) is 23.7 Å². The molecule has 4 aliphatic carbocycles. The fraction of sp³-hybridized carbons (Fsp3) is 1.00. The zero-order valence-corrected chi connectivity index (χ0v) is 11.3. The average molecular weight is 242 g/mol. The minimum absolute atomic E-state index is 0. The molecular formula is C17H38. The Balaban J connectivity index is 0. The summed E-state index contributed by atoms with van der Waals surface area (Å²) in [5.74, 6) is 4.71. The monoisotopic (exact) mass is 242 g/mol. The Morgan fingerprint density at radius 3 is 0.824 bits per heavy atom. The molecule has 0 unspecified atom stereocenters. The minimum atomic E-state index is 0. The van der Waals surface area contributed by atoms with E-state index in [1.807, 2.05) is 13.8 Å². The Labute approximate surface area is 112 Å². The zero-order valence-electron chi connectivity index (χ0n) is 11.3. The molecule has 0 heterocycles. The summed E-state index contributed by atoms with van der Waals surface area (Å²) < 4.78 is 0. The normalized spacial score (nSPS) is 35.3. The second kappa shape index (κ2) is 9.97. The Hall–Kier alpha value is 0. The van der Waals surface area contributed by atoms with Crippen LogP contribution in [0.1, 0.15) is 87.5 Å². The second-order valence-electron chi connectivity index (χ2n) is 5.59. The summed E-state index contributed by atoms with van der Waals surface area (Å²) in [6, 6.07) is 0. The van der Waals surface area contributed by atoms with Crippen molar-refractivity contribution in [1.29, 1.82) is 0 Å². The van der Waals surface area contributed by atoms with Crippen molar-refractivity contribution in [2.24, 2.45) is 23.7 Å². The summed E-state index contributed by atoms with van der Waals surface area (Å²) >= 11 is 0. The van der Waals surface area contributed by atoms with E-state index >= 15 is 0 Å². The van der Waals surface area contributed by atoms with Gasteiger partial charge < -0.3 is 0 Å². The Kier molecular flexibility index (Phi) is 11.3. The van der Waals surface area contributed by atoms with Gasteiger partial charge in [-0.1, -0.05) is 49.0 Å². The first-order valence-corrected chi connectivity index (χ1v) is 7.31. The van der Waals surface area contributed by atoms with Crippen LogP contribution in [0.5, 0.6) is 0 Å². The highest BCUT2D eigenvalue weighted by Gasteiger charge is 2.41. The molecule has 4 bridgehead atoms. The van der Waals surface area contributed by atoms with Crippen LogP contribution in [0.15, 0.2) is 0 Å². The lowest BCUT2D eigenvalue weighted by Gasteiger charge is -2.49. The van der Waals surface area contributed by atoms with E-state index in [-0.39, 0.29) is 14.9 Å². The van der Waals surface area contributed by atoms with Crippen molar-refractivity contribution in [3.8, 4) is 0 Å². The Morgan fingerprint density at radius 1 is 0.588 bits per heavy atom. The van der Waals surface area contributed by atoms with Gasteiger partial charge in [-0.15, -0.1) is 0 Å². The first kappa shape index (κ1) is 19.3. The van der Waals surface area contributed by atoms with Gasteiger partial charge in [-0.25, -0.2) is 0 Å². The maximum atomic E-state index is 2.12. The molecule has 0 aromatic heterocycles. The van der Waals surface area contributed by atoms with Gasteiger partial charge >= 0.3 is 0 Å². The molecule has 0 aliphatic heterocycles. The van der Waals surface area contributed by atoms with Crippen molar-refractivity contribution < 1.29 is 0 Å². The topological polar surface area (TPSA) is 0 Å². The van der Waals surface area contributed by atoms with E-state index < -0.39 is 0 Å². The van der Waals surface area contributed by atoms with Gasteiger partial charge in [-0.05, 0) is 62.2 Å². The molecule has 106 valence electrons. The second-order valence-corrected chi connectivity index (χ2v) is 5.59. The fourth-order valence-corrected chi connectivity index (χ4v) is 3.98. The molecule has 0 spiro atoms. The minimum Gasteiger partial charge on any atom is -0.0776 e. The Bertz CT molecular complexity index is 103. The largest absolute Gasteiger partial charge is 0.0776 e. The third-order valence-electron chi connectivity index (χ3n) is 4.00. The standard InChI is InChI=1S/C10H16.C3H8.C2H6.2CH4/c1-7-2-9-4-8(1)5-10(3-7)6-9;1-3-2;1-2;;/h7-10H,1-6H2;3H2,1-2H3;1-2H3;2*1H4. The van der Waals surface area contributed by atoms with Gasteiger partial charge in [0.2, 0.25) is 0 Å². The molecule has 0 amide bonds. The van der Waals surface area contributed by atoms with E-state index in [9.17, 15) is 0 Å². The lowest BCUT2D eigenvalue weighted by Crippen LogP contribution is -2.38. The molecule has 0 radical (unpaired) electrons. The van der Waals surface area contributed by atoms with Gasteiger partial charge in [-0.2, -0.15) is 0 Å². The molecule has 4 aliphatic rings.